The molecule has 0 spiro atoms. The topological polar surface area (TPSA) is 23.5 Å². The summed E-state index contributed by atoms with van der Waals surface area (Å²) in [6.07, 6.45) is 2.67. The van der Waals surface area contributed by atoms with Crippen molar-refractivity contribution in [3.63, 3.8) is 0 Å². The molecule has 2 aromatic carbocycles. The van der Waals surface area contributed by atoms with Gasteiger partial charge >= 0.3 is 0 Å². The van der Waals surface area contributed by atoms with Crippen molar-refractivity contribution < 1.29 is 5.11 Å². The minimum Gasteiger partial charge on any atom is -0.395 e. The summed E-state index contributed by atoms with van der Waals surface area (Å²) in [5.41, 5.74) is 2.52. The fourth-order valence-corrected chi connectivity index (χ4v) is 2.48. The van der Waals surface area contributed by atoms with Gasteiger partial charge in [0, 0.05) is 19.1 Å². The first-order valence-corrected chi connectivity index (χ1v) is 7.37. The van der Waals surface area contributed by atoms with E-state index in [4.69, 9.17) is 0 Å². The Hall–Kier alpha value is -1.90. The molecule has 0 aliphatic carbocycles. The highest BCUT2D eigenvalue weighted by molar-refractivity contribution is 5.17. The van der Waals surface area contributed by atoms with Gasteiger partial charge in [-0.15, -0.1) is 6.58 Å². The molecule has 21 heavy (non-hydrogen) atoms. The van der Waals surface area contributed by atoms with Crippen molar-refractivity contribution in [1.82, 2.24) is 4.90 Å². The van der Waals surface area contributed by atoms with Crippen LogP contribution in [0.4, 0.5) is 0 Å². The van der Waals surface area contributed by atoms with E-state index in [1.165, 1.54) is 11.1 Å². The summed E-state index contributed by atoms with van der Waals surface area (Å²) in [5, 5.41) is 9.69. The van der Waals surface area contributed by atoms with Crippen LogP contribution in [0, 0.1) is 0 Å². The van der Waals surface area contributed by atoms with Crippen molar-refractivity contribution in [3.05, 3.63) is 84.4 Å². The van der Waals surface area contributed by atoms with Crippen LogP contribution in [0.3, 0.4) is 0 Å². The molecule has 0 aliphatic rings. The lowest BCUT2D eigenvalue weighted by atomic mass is 10.1. The first-order valence-electron chi connectivity index (χ1n) is 7.37. The molecule has 2 nitrogen and oxygen atoms in total. The molecule has 0 aromatic heterocycles. The smallest absolute Gasteiger partial charge is 0.0590 e. The summed E-state index contributed by atoms with van der Waals surface area (Å²) in [7, 11) is 0. The van der Waals surface area contributed by atoms with Gasteiger partial charge in [0.1, 0.15) is 0 Å². The molecule has 0 fully saturated rings. The zero-order valence-electron chi connectivity index (χ0n) is 12.4. The van der Waals surface area contributed by atoms with Crippen LogP contribution in [0.15, 0.2) is 73.3 Å². The average molecular weight is 281 g/mol. The molecule has 0 heterocycles. The summed E-state index contributed by atoms with van der Waals surface area (Å²) in [6.45, 7) is 5.61. The first kappa shape index (κ1) is 15.5. The van der Waals surface area contributed by atoms with Crippen LogP contribution >= 0.6 is 0 Å². The number of benzene rings is 2. The monoisotopic (exact) mass is 281 g/mol. The van der Waals surface area contributed by atoms with Gasteiger partial charge in [0.15, 0.2) is 0 Å². The van der Waals surface area contributed by atoms with E-state index in [0.717, 1.165) is 19.5 Å². The summed E-state index contributed by atoms with van der Waals surface area (Å²) >= 11 is 0. The van der Waals surface area contributed by atoms with Crippen molar-refractivity contribution in [2.75, 3.05) is 6.61 Å². The van der Waals surface area contributed by atoms with Gasteiger partial charge in [0.05, 0.1) is 6.61 Å². The van der Waals surface area contributed by atoms with Gasteiger partial charge in [-0.2, -0.15) is 0 Å². The van der Waals surface area contributed by atoms with E-state index in [2.05, 4.69) is 60.0 Å². The molecule has 0 amide bonds. The lowest BCUT2D eigenvalue weighted by Crippen LogP contribution is -2.36. The molecular formula is C19H23NO. The van der Waals surface area contributed by atoms with E-state index in [-0.39, 0.29) is 12.6 Å². The van der Waals surface area contributed by atoms with Crippen molar-refractivity contribution >= 4 is 0 Å². The molecule has 1 atom stereocenters. The van der Waals surface area contributed by atoms with Crippen LogP contribution in [-0.2, 0) is 13.1 Å². The number of nitrogens with zero attached hydrogens (tertiary/aromatic N) is 1. The predicted octanol–water partition coefficient (Wildman–Crippen LogP) is 3.63. The summed E-state index contributed by atoms with van der Waals surface area (Å²) in [5.74, 6) is 0. The lowest BCUT2D eigenvalue weighted by molar-refractivity contribution is 0.111. The van der Waals surface area contributed by atoms with Crippen LogP contribution < -0.4 is 0 Å². The third-order valence-electron chi connectivity index (χ3n) is 3.62. The Balaban J connectivity index is 2.15. The average Bonchev–Trinajstić information content (AvgIpc) is 2.54. The molecular weight excluding hydrogens is 258 g/mol. The standard InChI is InChI=1S/C19H23NO/c1-2-9-19(16-21)20(14-17-10-5-3-6-11-17)15-18-12-7-4-8-13-18/h2-8,10-13,19,21H,1,9,14-16H2. The SMILES string of the molecule is C=CCC(CO)N(Cc1ccccc1)Cc1ccccc1. The van der Waals surface area contributed by atoms with E-state index in [0.29, 0.717) is 0 Å². The normalized spacial score (nSPS) is 12.3. The number of rotatable bonds is 8. The predicted molar refractivity (Wildman–Crippen MR) is 87.8 cm³/mol. The number of aliphatic hydroxyl groups excluding tert-OH is 1. The Bertz CT molecular complexity index is 482. The van der Waals surface area contributed by atoms with E-state index in [1.807, 2.05) is 18.2 Å². The highest BCUT2D eigenvalue weighted by Gasteiger charge is 2.17. The van der Waals surface area contributed by atoms with Crippen LogP contribution in [0.2, 0.25) is 0 Å². The Labute approximate surface area is 127 Å². The van der Waals surface area contributed by atoms with Gasteiger partial charge < -0.3 is 5.11 Å². The summed E-state index contributed by atoms with van der Waals surface area (Å²) in [4.78, 5) is 2.31. The van der Waals surface area contributed by atoms with Gasteiger partial charge in [-0.05, 0) is 17.5 Å². The summed E-state index contributed by atoms with van der Waals surface area (Å²) < 4.78 is 0. The highest BCUT2D eigenvalue weighted by atomic mass is 16.3. The summed E-state index contributed by atoms with van der Waals surface area (Å²) in [6, 6.07) is 20.9. The molecule has 0 saturated carbocycles. The molecule has 0 radical (unpaired) electrons. The van der Waals surface area contributed by atoms with Crippen LogP contribution in [0.1, 0.15) is 17.5 Å². The Morgan fingerprint density at radius 1 is 0.905 bits per heavy atom. The molecule has 2 heteroatoms. The number of aliphatic hydroxyl groups is 1. The third kappa shape index (κ3) is 4.85. The van der Waals surface area contributed by atoms with Crippen LogP contribution in [0.5, 0.6) is 0 Å². The highest BCUT2D eigenvalue weighted by Crippen LogP contribution is 2.15. The van der Waals surface area contributed by atoms with E-state index >= 15 is 0 Å². The van der Waals surface area contributed by atoms with Crippen LogP contribution in [-0.4, -0.2) is 22.7 Å². The maximum atomic E-state index is 9.69. The third-order valence-corrected chi connectivity index (χ3v) is 3.62. The minimum absolute atomic E-state index is 0.0999. The quantitative estimate of drug-likeness (QED) is 0.747. The van der Waals surface area contributed by atoms with Crippen LogP contribution in [0.25, 0.3) is 0 Å². The molecule has 110 valence electrons. The Morgan fingerprint density at radius 3 is 1.76 bits per heavy atom. The maximum Gasteiger partial charge on any atom is 0.0590 e. The zero-order valence-corrected chi connectivity index (χ0v) is 12.4. The second-order valence-corrected chi connectivity index (χ2v) is 5.24. The number of hydrogen-bond donors (Lipinski definition) is 1. The van der Waals surface area contributed by atoms with Gasteiger partial charge in [0.2, 0.25) is 0 Å². The van der Waals surface area contributed by atoms with Crippen molar-refractivity contribution in [1.29, 1.82) is 0 Å². The Kier molecular flexibility index (Phi) is 6.20. The van der Waals surface area contributed by atoms with Crippen molar-refractivity contribution in [2.24, 2.45) is 0 Å². The molecule has 0 saturated heterocycles. The van der Waals surface area contributed by atoms with E-state index < -0.39 is 0 Å². The molecule has 1 unspecified atom stereocenters. The Morgan fingerprint density at radius 2 is 1.38 bits per heavy atom. The largest absolute Gasteiger partial charge is 0.395 e. The minimum atomic E-state index is 0.0999. The molecule has 0 bridgehead atoms. The maximum absolute atomic E-state index is 9.69. The lowest BCUT2D eigenvalue weighted by Gasteiger charge is -2.30. The van der Waals surface area contributed by atoms with Gasteiger partial charge in [-0.25, -0.2) is 0 Å². The second-order valence-electron chi connectivity index (χ2n) is 5.24. The van der Waals surface area contributed by atoms with Gasteiger partial charge in [-0.1, -0.05) is 66.7 Å². The van der Waals surface area contributed by atoms with Gasteiger partial charge in [0.25, 0.3) is 0 Å². The van der Waals surface area contributed by atoms with E-state index in [9.17, 15) is 5.11 Å². The fourth-order valence-electron chi connectivity index (χ4n) is 2.48. The molecule has 2 aromatic rings. The van der Waals surface area contributed by atoms with Crippen molar-refractivity contribution in [3.8, 4) is 0 Å². The van der Waals surface area contributed by atoms with Crippen molar-refractivity contribution in [2.45, 2.75) is 25.6 Å². The molecule has 1 N–H and O–H groups in total. The second kappa shape index (κ2) is 8.40. The van der Waals surface area contributed by atoms with Gasteiger partial charge in [-0.3, -0.25) is 4.90 Å². The number of hydrogen-bond acceptors (Lipinski definition) is 2. The fraction of sp³-hybridized carbons (Fsp3) is 0.263. The molecule has 2 rings (SSSR count). The zero-order chi connectivity index (χ0) is 14.9. The molecule has 0 aliphatic heterocycles. The van der Waals surface area contributed by atoms with E-state index in [1.54, 1.807) is 0 Å². The first-order chi connectivity index (χ1) is 10.3.